The summed E-state index contributed by atoms with van der Waals surface area (Å²) in [5.41, 5.74) is 0.176. The molecule has 0 radical (unpaired) electrons. The number of rotatable bonds is 0. The van der Waals surface area contributed by atoms with E-state index in [0.717, 1.165) is 11.8 Å². The van der Waals surface area contributed by atoms with Crippen LogP contribution in [0.2, 0.25) is 0 Å². The molecule has 1 saturated carbocycles. The predicted octanol–water partition coefficient (Wildman–Crippen LogP) is 2.60. The summed E-state index contributed by atoms with van der Waals surface area (Å²) in [4.78, 5) is 0. The Balaban J connectivity index is 2.16. The van der Waals surface area contributed by atoms with Crippen molar-refractivity contribution in [3.05, 3.63) is 0 Å². The Kier molecular flexibility index (Phi) is 1.54. The van der Waals surface area contributed by atoms with Crippen molar-refractivity contribution >= 4 is 0 Å². The molecule has 1 nitrogen and oxygen atoms in total. The Morgan fingerprint density at radius 2 is 2.00 bits per heavy atom. The minimum atomic E-state index is 0.176. The first-order valence-corrected chi connectivity index (χ1v) is 4.77. The zero-order valence-electron chi connectivity index (χ0n) is 7.76. The average Bonchev–Trinajstić information content (AvgIpc) is 1.90. The average molecular weight is 154 g/mol. The molecule has 2 bridgehead atoms. The van der Waals surface area contributed by atoms with Crippen molar-refractivity contribution in [2.45, 2.75) is 51.7 Å². The van der Waals surface area contributed by atoms with Crippen LogP contribution in [0.15, 0.2) is 0 Å². The monoisotopic (exact) mass is 154 g/mol. The van der Waals surface area contributed by atoms with Crippen molar-refractivity contribution in [1.82, 2.24) is 0 Å². The Hall–Kier alpha value is -0.0400. The van der Waals surface area contributed by atoms with Gasteiger partial charge in [-0.05, 0) is 44.9 Å². The van der Waals surface area contributed by atoms with E-state index in [0.29, 0.717) is 6.10 Å². The highest BCUT2D eigenvalue weighted by molar-refractivity contribution is 4.94. The molecule has 2 aliphatic heterocycles. The van der Waals surface area contributed by atoms with Crippen molar-refractivity contribution in [2.75, 3.05) is 0 Å². The van der Waals surface area contributed by atoms with Gasteiger partial charge >= 0.3 is 0 Å². The zero-order chi connectivity index (χ0) is 8.06. The van der Waals surface area contributed by atoms with Gasteiger partial charge in [-0.3, -0.25) is 0 Å². The van der Waals surface area contributed by atoms with E-state index >= 15 is 0 Å². The van der Waals surface area contributed by atoms with E-state index in [-0.39, 0.29) is 5.60 Å². The standard InChI is InChI=1S/C10H18O/c1-7-6-8-4-5-9(7)11-10(8,2)3/h7-9H,4-6H2,1-3H3. The predicted molar refractivity (Wildman–Crippen MR) is 45.5 cm³/mol. The van der Waals surface area contributed by atoms with Crippen LogP contribution in [0.1, 0.15) is 40.0 Å². The number of ether oxygens (including phenoxy) is 1. The molecular weight excluding hydrogens is 136 g/mol. The fourth-order valence-corrected chi connectivity index (χ4v) is 2.66. The molecule has 0 amide bonds. The third kappa shape index (κ3) is 1.10. The number of hydrogen-bond donors (Lipinski definition) is 0. The largest absolute Gasteiger partial charge is 0.372 e. The summed E-state index contributed by atoms with van der Waals surface area (Å²) in [5, 5.41) is 0. The summed E-state index contributed by atoms with van der Waals surface area (Å²) in [7, 11) is 0. The first-order chi connectivity index (χ1) is 5.09. The Bertz CT molecular complexity index is 162. The molecule has 3 unspecified atom stereocenters. The lowest BCUT2D eigenvalue weighted by Crippen LogP contribution is -2.51. The molecule has 2 heterocycles. The van der Waals surface area contributed by atoms with E-state index in [1.807, 2.05) is 0 Å². The van der Waals surface area contributed by atoms with Crippen LogP contribution < -0.4 is 0 Å². The molecule has 3 rings (SSSR count). The van der Waals surface area contributed by atoms with Gasteiger partial charge in [0.05, 0.1) is 11.7 Å². The van der Waals surface area contributed by atoms with E-state index in [2.05, 4.69) is 20.8 Å². The van der Waals surface area contributed by atoms with E-state index in [1.165, 1.54) is 19.3 Å². The third-order valence-corrected chi connectivity index (χ3v) is 3.53. The molecule has 64 valence electrons. The molecule has 0 spiro atoms. The minimum absolute atomic E-state index is 0.176. The highest BCUT2D eigenvalue weighted by Crippen LogP contribution is 2.46. The first-order valence-electron chi connectivity index (χ1n) is 4.77. The van der Waals surface area contributed by atoms with Crippen LogP contribution in [-0.4, -0.2) is 11.7 Å². The van der Waals surface area contributed by atoms with Crippen LogP contribution in [0.3, 0.4) is 0 Å². The Morgan fingerprint density at radius 3 is 2.27 bits per heavy atom. The molecule has 1 aliphatic carbocycles. The third-order valence-electron chi connectivity index (χ3n) is 3.53. The molecule has 0 aromatic rings. The highest BCUT2D eigenvalue weighted by atomic mass is 16.5. The molecule has 3 fully saturated rings. The second-order valence-electron chi connectivity index (χ2n) is 4.75. The minimum Gasteiger partial charge on any atom is -0.372 e. The van der Waals surface area contributed by atoms with Crippen molar-refractivity contribution in [2.24, 2.45) is 11.8 Å². The number of fused-ring (bicyclic) bond motifs is 3. The molecule has 0 aromatic heterocycles. The lowest BCUT2D eigenvalue weighted by molar-refractivity contribution is -0.200. The molecule has 0 N–H and O–H groups in total. The fourth-order valence-electron chi connectivity index (χ4n) is 2.66. The lowest BCUT2D eigenvalue weighted by atomic mass is 9.70. The SMILES string of the molecule is CC1CC2CCC1OC2(C)C. The maximum Gasteiger partial charge on any atom is 0.0658 e. The quantitative estimate of drug-likeness (QED) is 0.521. The normalized spacial score (nSPS) is 47.7. The van der Waals surface area contributed by atoms with Crippen LogP contribution in [-0.2, 0) is 4.74 Å². The summed E-state index contributed by atoms with van der Waals surface area (Å²) < 4.78 is 5.98. The summed E-state index contributed by atoms with van der Waals surface area (Å²) >= 11 is 0. The van der Waals surface area contributed by atoms with Crippen LogP contribution in [0.5, 0.6) is 0 Å². The van der Waals surface area contributed by atoms with Gasteiger partial charge < -0.3 is 4.74 Å². The van der Waals surface area contributed by atoms with Crippen LogP contribution in [0, 0.1) is 11.8 Å². The Morgan fingerprint density at radius 1 is 1.27 bits per heavy atom. The van der Waals surface area contributed by atoms with Crippen molar-refractivity contribution in [3.8, 4) is 0 Å². The smallest absolute Gasteiger partial charge is 0.0658 e. The van der Waals surface area contributed by atoms with E-state index in [1.54, 1.807) is 0 Å². The Labute approximate surface area is 69.1 Å². The molecule has 1 heteroatoms. The second-order valence-corrected chi connectivity index (χ2v) is 4.75. The van der Waals surface area contributed by atoms with Crippen LogP contribution >= 0.6 is 0 Å². The molecular formula is C10H18O. The van der Waals surface area contributed by atoms with E-state index in [4.69, 9.17) is 4.74 Å². The van der Waals surface area contributed by atoms with Gasteiger partial charge in [0.2, 0.25) is 0 Å². The van der Waals surface area contributed by atoms with E-state index < -0.39 is 0 Å². The summed E-state index contributed by atoms with van der Waals surface area (Å²) in [6, 6.07) is 0. The first kappa shape index (κ1) is 7.60. The fraction of sp³-hybridized carbons (Fsp3) is 1.00. The summed E-state index contributed by atoms with van der Waals surface area (Å²) in [6.07, 6.45) is 4.64. The van der Waals surface area contributed by atoms with E-state index in [9.17, 15) is 0 Å². The van der Waals surface area contributed by atoms with Gasteiger partial charge in [-0.15, -0.1) is 0 Å². The topological polar surface area (TPSA) is 9.23 Å². The van der Waals surface area contributed by atoms with Crippen LogP contribution in [0.4, 0.5) is 0 Å². The maximum atomic E-state index is 5.98. The number of hydrogen-bond acceptors (Lipinski definition) is 1. The highest BCUT2D eigenvalue weighted by Gasteiger charge is 2.45. The van der Waals surface area contributed by atoms with Gasteiger partial charge in [0.25, 0.3) is 0 Å². The van der Waals surface area contributed by atoms with Gasteiger partial charge in [0, 0.05) is 0 Å². The van der Waals surface area contributed by atoms with Gasteiger partial charge in [0.15, 0.2) is 0 Å². The van der Waals surface area contributed by atoms with Crippen molar-refractivity contribution in [3.63, 3.8) is 0 Å². The summed E-state index contributed by atoms with van der Waals surface area (Å²) in [5.74, 6) is 1.63. The molecule has 3 atom stereocenters. The zero-order valence-corrected chi connectivity index (χ0v) is 7.76. The van der Waals surface area contributed by atoms with Crippen molar-refractivity contribution in [1.29, 1.82) is 0 Å². The van der Waals surface area contributed by atoms with Gasteiger partial charge in [-0.2, -0.15) is 0 Å². The second kappa shape index (κ2) is 2.22. The summed E-state index contributed by atoms with van der Waals surface area (Å²) in [6.45, 7) is 6.82. The van der Waals surface area contributed by atoms with Gasteiger partial charge in [-0.1, -0.05) is 6.92 Å². The maximum absolute atomic E-state index is 5.98. The van der Waals surface area contributed by atoms with Crippen molar-refractivity contribution < 1.29 is 4.74 Å². The van der Waals surface area contributed by atoms with Gasteiger partial charge in [0.1, 0.15) is 0 Å². The molecule has 2 saturated heterocycles. The van der Waals surface area contributed by atoms with Crippen LogP contribution in [0.25, 0.3) is 0 Å². The lowest BCUT2D eigenvalue weighted by Gasteiger charge is -2.51. The molecule has 11 heavy (non-hydrogen) atoms. The molecule has 3 aliphatic rings. The van der Waals surface area contributed by atoms with Gasteiger partial charge in [-0.25, -0.2) is 0 Å². The molecule has 0 aromatic carbocycles.